The molecular formula is C26H33N5O2. The molecule has 0 unspecified atom stereocenters. The lowest BCUT2D eigenvalue weighted by atomic mass is 10.1. The van der Waals surface area contributed by atoms with E-state index in [0.717, 1.165) is 51.3 Å². The number of aromatic nitrogens is 1. The fourth-order valence-electron chi connectivity index (χ4n) is 3.69. The minimum atomic E-state index is -0.0503. The van der Waals surface area contributed by atoms with Crippen molar-refractivity contribution in [1.82, 2.24) is 20.9 Å². The molecular weight excluding hydrogens is 414 g/mol. The van der Waals surface area contributed by atoms with Crippen molar-refractivity contribution in [3.05, 3.63) is 65.9 Å². The highest BCUT2D eigenvalue weighted by Crippen LogP contribution is 2.19. The van der Waals surface area contributed by atoms with Crippen LogP contribution in [0.1, 0.15) is 30.9 Å². The number of aliphatic imine (C=N–C) groups is 1. The average Bonchev–Trinajstić information content (AvgIpc) is 3.55. The smallest absolute Gasteiger partial charge is 0.258 e. The number of hydrogen-bond donors (Lipinski definition) is 4. The summed E-state index contributed by atoms with van der Waals surface area (Å²) in [7, 11) is 0. The first-order valence-electron chi connectivity index (χ1n) is 11.8. The Hall–Kier alpha value is -3.48. The van der Waals surface area contributed by atoms with Crippen molar-refractivity contribution in [2.24, 2.45) is 4.99 Å². The zero-order chi connectivity index (χ0) is 22.9. The van der Waals surface area contributed by atoms with Crippen LogP contribution in [0.4, 0.5) is 0 Å². The first kappa shape index (κ1) is 22.7. The lowest BCUT2D eigenvalue weighted by Crippen LogP contribution is -2.38. The molecule has 7 heteroatoms. The van der Waals surface area contributed by atoms with Gasteiger partial charge in [0.2, 0.25) is 0 Å². The third kappa shape index (κ3) is 7.00. The molecule has 4 rings (SSSR count). The lowest BCUT2D eigenvalue weighted by molar-refractivity contribution is -0.123. The van der Waals surface area contributed by atoms with Crippen LogP contribution in [-0.4, -0.2) is 49.1 Å². The van der Waals surface area contributed by atoms with Crippen molar-refractivity contribution >= 4 is 22.8 Å². The molecule has 3 aromatic rings. The monoisotopic (exact) mass is 447 g/mol. The molecule has 4 N–H and O–H groups in total. The van der Waals surface area contributed by atoms with E-state index in [4.69, 9.17) is 9.73 Å². The van der Waals surface area contributed by atoms with E-state index < -0.39 is 0 Å². The van der Waals surface area contributed by atoms with Gasteiger partial charge in [-0.2, -0.15) is 0 Å². The molecule has 7 nitrogen and oxygen atoms in total. The molecule has 0 radical (unpaired) electrons. The van der Waals surface area contributed by atoms with E-state index in [-0.39, 0.29) is 12.5 Å². The number of benzene rings is 2. The molecule has 0 aliphatic heterocycles. The number of carbonyl (C=O) groups is 1. The zero-order valence-corrected chi connectivity index (χ0v) is 19.2. The molecule has 0 spiro atoms. The van der Waals surface area contributed by atoms with Crippen LogP contribution < -0.4 is 20.7 Å². The molecule has 1 heterocycles. The Balaban J connectivity index is 1.20. The number of rotatable bonds is 11. The standard InChI is InChI=1S/C26H33N5O2/c1-2-27-26(29-16-14-20-17-30-24-6-4-3-5-23(20)24)28-15-13-19-7-11-22(12-8-19)33-18-25(32)31-21-9-10-21/h3-8,11-12,17,21,30H,2,9-10,13-16,18H2,1H3,(H,31,32)(H2,27,28,29). The Morgan fingerprint density at radius 3 is 2.70 bits per heavy atom. The van der Waals surface area contributed by atoms with Crippen LogP contribution in [0.5, 0.6) is 5.75 Å². The minimum absolute atomic E-state index is 0.0503. The Bertz CT molecular complexity index is 1070. The zero-order valence-electron chi connectivity index (χ0n) is 19.2. The molecule has 1 aromatic heterocycles. The van der Waals surface area contributed by atoms with Gasteiger partial charge in [0.15, 0.2) is 12.6 Å². The molecule has 33 heavy (non-hydrogen) atoms. The minimum Gasteiger partial charge on any atom is -0.484 e. The number of nitrogens with one attached hydrogen (secondary N) is 4. The fraction of sp³-hybridized carbons (Fsp3) is 0.385. The Morgan fingerprint density at radius 1 is 1.09 bits per heavy atom. The number of amides is 1. The summed E-state index contributed by atoms with van der Waals surface area (Å²) in [4.78, 5) is 19.8. The van der Waals surface area contributed by atoms with Gasteiger partial charge in [0.25, 0.3) is 5.91 Å². The molecule has 0 saturated heterocycles. The van der Waals surface area contributed by atoms with Gasteiger partial charge in [-0.25, -0.2) is 0 Å². The van der Waals surface area contributed by atoms with Crippen LogP contribution in [-0.2, 0) is 17.6 Å². The maximum absolute atomic E-state index is 11.7. The van der Waals surface area contributed by atoms with Gasteiger partial charge >= 0.3 is 0 Å². The lowest BCUT2D eigenvalue weighted by Gasteiger charge is -2.12. The van der Waals surface area contributed by atoms with Crippen LogP contribution in [0, 0.1) is 0 Å². The topological polar surface area (TPSA) is 90.5 Å². The first-order valence-corrected chi connectivity index (χ1v) is 11.8. The van der Waals surface area contributed by atoms with Gasteiger partial charge in [0, 0.05) is 42.8 Å². The second-order valence-electron chi connectivity index (χ2n) is 8.32. The summed E-state index contributed by atoms with van der Waals surface area (Å²) >= 11 is 0. The second kappa shape index (κ2) is 11.4. The SMILES string of the molecule is CCNC(=NCCc1c[nH]c2ccccc12)NCCc1ccc(OCC(=O)NC2CC2)cc1. The van der Waals surface area contributed by atoms with Gasteiger partial charge in [-0.05, 0) is 61.9 Å². The van der Waals surface area contributed by atoms with E-state index in [1.165, 1.54) is 22.0 Å². The quantitative estimate of drug-likeness (QED) is 0.268. The summed E-state index contributed by atoms with van der Waals surface area (Å²) in [5.74, 6) is 1.49. The number of carbonyl (C=O) groups excluding carboxylic acids is 1. The number of fused-ring (bicyclic) bond motifs is 1. The largest absolute Gasteiger partial charge is 0.484 e. The van der Waals surface area contributed by atoms with Crippen molar-refractivity contribution in [1.29, 1.82) is 0 Å². The predicted octanol–water partition coefficient (Wildman–Crippen LogP) is 3.17. The molecule has 1 saturated carbocycles. The number of guanidine groups is 1. The third-order valence-corrected chi connectivity index (χ3v) is 5.61. The molecule has 1 aliphatic rings. The second-order valence-corrected chi connectivity index (χ2v) is 8.32. The van der Waals surface area contributed by atoms with Gasteiger partial charge in [-0.3, -0.25) is 9.79 Å². The van der Waals surface area contributed by atoms with Gasteiger partial charge in [0.1, 0.15) is 5.75 Å². The molecule has 1 amide bonds. The van der Waals surface area contributed by atoms with E-state index in [9.17, 15) is 4.79 Å². The third-order valence-electron chi connectivity index (χ3n) is 5.61. The Labute approximate surface area is 195 Å². The maximum Gasteiger partial charge on any atom is 0.258 e. The highest BCUT2D eigenvalue weighted by molar-refractivity contribution is 5.83. The number of aromatic amines is 1. The fourth-order valence-corrected chi connectivity index (χ4v) is 3.69. The molecule has 1 aliphatic carbocycles. The summed E-state index contributed by atoms with van der Waals surface area (Å²) in [6, 6.07) is 16.6. The normalized spacial score (nSPS) is 13.7. The predicted molar refractivity (Wildman–Crippen MR) is 133 cm³/mol. The molecule has 174 valence electrons. The van der Waals surface area contributed by atoms with Gasteiger partial charge in [0.05, 0.1) is 0 Å². The van der Waals surface area contributed by atoms with Gasteiger partial charge < -0.3 is 25.7 Å². The summed E-state index contributed by atoms with van der Waals surface area (Å²) < 4.78 is 5.57. The van der Waals surface area contributed by atoms with Gasteiger partial charge in [-0.1, -0.05) is 30.3 Å². The first-order chi connectivity index (χ1) is 16.2. The summed E-state index contributed by atoms with van der Waals surface area (Å²) in [5, 5.41) is 10.9. The molecule has 2 aromatic carbocycles. The van der Waals surface area contributed by atoms with Crippen LogP contribution in [0.3, 0.4) is 0 Å². The Morgan fingerprint density at radius 2 is 1.91 bits per heavy atom. The highest BCUT2D eigenvalue weighted by Gasteiger charge is 2.23. The average molecular weight is 448 g/mol. The number of para-hydroxylation sites is 1. The number of ether oxygens (including phenoxy) is 1. The maximum atomic E-state index is 11.7. The van der Waals surface area contributed by atoms with Crippen molar-refractivity contribution in [3.63, 3.8) is 0 Å². The highest BCUT2D eigenvalue weighted by atomic mass is 16.5. The van der Waals surface area contributed by atoms with E-state index in [1.807, 2.05) is 30.3 Å². The summed E-state index contributed by atoms with van der Waals surface area (Å²) in [6.07, 6.45) is 6.00. The van der Waals surface area contributed by atoms with Crippen LogP contribution in [0.25, 0.3) is 10.9 Å². The van der Waals surface area contributed by atoms with Crippen LogP contribution in [0.2, 0.25) is 0 Å². The van der Waals surface area contributed by atoms with E-state index in [0.29, 0.717) is 11.8 Å². The summed E-state index contributed by atoms with van der Waals surface area (Å²) in [5.41, 5.74) is 3.66. The van der Waals surface area contributed by atoms with Crippen LogP contribution in [0.15, 0.2) is 59.7 Å². The number of H-pyrrole nitrogens is 1. The van der Waals surface area contributed by atoms with E-state index in [1.54, 1.807) is 0 Å². The molecule has 1 fully saturated rings. The molecule has 0 bridgehead atoms. The van der Waals surface area contributed by atoms with Crippen molar-refractivity contribution in [2.75, 3.05) is 26.2 Å². The molecule has 0 atom stereocenters. The van der Waals surface area contributed by atoms with E-state index >= 15 is 0 Å². The van der Waals surface area contributed by atoms with Crippen molar-refractivity contribution in [2.45, 2.75) is 38.6 Å². The number of nitrogens with zero attached hydrogens (tertiary/aromatic N) is 1. The van der Waals surface area contributed by atoms with E-state index in [2.05, 4.69) is 52.3 Å². The van der Waals surface area contributed by atoms with Gasteiger partial charge in [-0.15, -0.1) is 0 Å². The van der Waals surface area contributed by atoms with Crippen molar-refractivity contribution in [3.8, 4) is 5.75 Å². The van der Waals surface area contributed by atoms with Crippen LogP contribution >= 0.6 is 0 Å². The Kier molecular flexibility index (Phi) is 7.85. The van der Waals surface area contributed by atoms with Crippen molar-refractivity contribution < 1.29 is 9.53 Å². The summed E-state index contributed by atoms with van der Waals surface area (Å²) in [6.45, 7) is 4.46. The number of hydrogen-bond acceptors (Lipinski definition) is 3.